The second-order valence-electron chi connectivity index (χ2n) is 10.2. The summed E-state index contributed by atoms with van der Waals surface area (Å²) in [6.45, 7) is 6.45. The molecule has 0 spiro atoms. The summed E-state index contributed by atoms with van der Waals surface area (Å²) >= 11 is 1.40. The summed E-state index contributed by atoms with van der Waals surface area (Å²) in [5.41, 5.74) is 10.7. The van der Waals surface area contributed by atoms with Gasteiger partial charge < -0.3 is 42.1 Å². The van der Waals surface area contributed by atoms with Crippen molar-refractivity contribution in [3.8, 4) is 0 Å². The van der Waals surface area contributed by atoms with Crippen LogP contribution in [-0.2, 0) is 19.2 Å². The van der Waals surface area contributed by atoms with Crippen LogP contribution in [0.25, 0.3) is 0 Å². The van der Waals surface area contributed by atoms with Crippen LogP contribution in [0.15, 0.2) is 15.6 Å². The third kappa shape index (κ3) is 5.14. The first-order chi connectivity index (χ1) is 17.4. The summed E-state index contributed by atoms with van der Waals surface area (Å²) < 4.78 is 0. The van der Waals surface area contributed by atoms with Gasteiger partial charge in [-0.25, -0.2) is 9.79 Å². The molecule has 0 saturated carbocycles. The van der Waals surface area contributed by atoms with Crippen molar-refractivity contribution in [1.82, 2.24) is 20.4 Å². The largest absolute Gasteiger partial charge is 0.477 e. The lowest BCUT2D eigenvalue weighted by Crippen LogP contribution is -2.63. The summed E-state index contributed by atoms with van der Waals surface area (Å²) in [5.74, 6) is -2.87. The first kappa shape index (κ1) is 27.2. The van der Waals surface area contributed by atoms with Crippen LogP contribution in [0.3, 0.4) is 0 Å². The van der Waals surface area contributed by atoms with Gasteiger partial charge in [0.15, 0.2) is 5.96 Å². The van der Waals surface area contributed by atoms with Crippen molar-refractivity contribution in [2.75, 3.05) is 19.6 Å². The predicted molar refractivity (Wildman–Crippen MR) is 136 cm³/mol. The standard InChI is InChI=1S/C23H35N7O6S/c1-9-16-15(11(3)31)21(34)30(16)17(22(35)36)18(9)37-13-6-14(26-7-13)20(33)29-5-4-12(8-29)28-19(32)10(2)27-23(24)25/h9-16,26,31H,4-8H2,1-3H3,(H,28,32)(H,35,36)(H4,24,25,27)/t9-,10+,11-,12+,13+,14+,15-,16-/m1/s1. The number of hydrogen-bond donors (Lipinski definition) is 6. The number of fused-ring (bicyclic) bond motifs is 1. The van der Waals surface area contributed by atoms with E-state index in [1.807, 2.05) is 6.92 Å². The third-order valence-electron chi connectivity index (χ3n) is 7.56. The molecule has 0 aromatic heterocycles. The normalized spacial score (nSPS) is 32.6. The van der Waals surface area contributed by atoms with Gasteiger partial charge in [-0.1, -0.05) is 6.92 Å². The Balaban J connectivity index is 1.34. The number of carbonyl (C=O) groups excluding carboxylic acids is 3. The minimum Gasteiger partial charge on any atom is -0.477 e. The highest BCUT2D eigenvalue weighted by Gasteiger charge is 2.60. The highest BCUT2D eigenvalue weighted by molar-refractivity contribution is 8.03. The van der Waals surface area contributed by atoms with Gasteiger partial charge in [0.05, 0.1) is 24.1 Å². The number of amides is 3. The molecule has 3 fully saturated rings. The van der Waals surface area contributed by atoms with Gasteiger partial charge in [0.1, 0.15) is 11.7 Å². The number of aliphatic hydroxyl groups is 1. The van der Waals surface area contributed by atoms with Crippen molar-refractivity contribution in [2.24, 2.45) is 28.3 Å². The van der Waals surface area contributed by atoms with E-state index in [1.165, 1.54) is 16.7 Å². The molecule has 3 saturated heterocycles. The number of β-lactam (4-membered cyclic amide) rings is 1. The predicted octanol–water partition coefficient (Wildman–Crippen LogP) is -2.02. The molecule has 8 N–H and O–H groups in total. The number of aliphatic imine (C=N–C) groups is 1. The minimum absolute atomic E-state index is 0.00717. The maximum atomic E-state index is 13.2. The van der Waals surface area contributed by atoms with Gasteiger partial charge in [0.25, 0.3) is 0 Å². The van der Waals surface area contributed by atoms with Gasteiger partial charge in [-0.05, 0) is 26.7 Å². The quantitative estimate of drug-likeness (QED) is 0.114. The number of nitrogens with one attached hydrogen (secondary N) is 2. The van der Waals surface area contributed by atoms with Crippen LogP contribution in [0, 0.1) is 11.8 Å². The summed E-state index contributed by atoms with van der Waals surface area (Å²) in [7, 11) is 0. The Kier molecular flexibility index (Phi) is 7.72. The van der Waals surface area contributed by atoms with E-state index in [1.54, 1.807) is 18.7 Å². The third-order valence-corrected chi connectivity index (χ3v) is 9.07. The molecular formula is C23H35N7O6S. The van der Waals surface area contributed by atoms with E-state index in [2.05, 4.69) is 15.6 Å². The molecule has 0 aromatic rings. The number of aliphatic carboxylic acids is 1. The van der Waals surface area contributed by atoms with Gasteiger partial charge in [-0.15, -0.1) is 11.8 Å². The average molecular weight is 538 g/mol. The summed E-state index contributed by atoms with van der Waals surface area (Å²) in [5, 5.41) is 25.9. The fourth-order valence-corrected chi connectivity index (χ4v) is 7.22. The molecule has 4 heterocycles. The van der Waals surface area contributed by atoms with Crippen molar-refractivity contribution >= 4 is 41.4 Å². The van der Waals surface area contributed by atoms with Crippen LogP contribution in [0.2, 0.25) is 0 Å². The molecule has 8 atom stereocenters. The summed E-state index contributed by atoms with van der Waals surface area (Å²) in [6, 6.07) is -1.68. The number of carbonyl (C=O) groups is 4. The molecule has 14 heteroatoms. The van der Waals surface area contributed by atoms with E-state index in [0.717, 1.165) is 0 Å². The zero-order chi connectivity index (χ0) is 27.2. The van der Waals surface area contributed by atoms with Crippen molar-refractivity contribution in [3.63, 3.8) is 0 Å². The molecule has 4 rings (SSSR count). The number of nitrogens with zero attached hydrogens (tertiary/aromatic N) is 3. The number of thioether (sulfide) groups is 1. The van der Waals surface area contributed by atoms with E-state index in [9.17, 15) is 29.4 Å². The van der Waals surface area contributed by atoms with Crippen molar-refractivity contribution < 1.29 is 29.4 Å². The number of guanidine groups is 1. The molecule has 0 aromatic carbocycles. The van der Waals surface area contributed by atoms with E-state index >= 15 is 0 Å². The Bertz CT molecular complexity index is 1040. The first-order valence-electron chi connectivity index (χ1n) is 12.5. The first-order valence-corrected chi connectivity index (χ1v) is 13.3. The lowest BCUT2D eigenvalue weighted by atomic mass is 9.79. The molecule has 0 bridgehead atoms. The molecule has 37 heavy (non-hydrogen) atoms. The topological polar surface area (TPSA) is 204 Å². The Morgan fingerprint density at radius 1 is 1.27 bits per heavy atom. The summed E-state index contributed by atoms with van der Waals surface area (Å²) in [6.07, 6.45) is 0.286. The minimum atomic E-state index is -1.16. The molecule has 0 radical (unpaired) electrons. The van der Waals surface area contributed by atoms with Gasteiger partial charge >= 0.3 is 5.97 Å². The second-order valence-corrected chi connectivity index (χ2v) is 11.6. The molecule has 3 amide bonds. The number of hydrogen-bond acceptors (Lipinski definition) is 8. The van der Waals surface area contributed by atoms with E-state index < -0.39 is 30.1 Å². The summed E-state index contributed by atoms with van der Waals surface area (Å²) in [4.78, 5) is 57.5. The van der Waals surface area contributed by atoms with E-state index in [-0.39, 0.29) is 52.6 Å². The second kappa shape index (κ2) is 10.5. The lowest BCUT2D eigenvalue weighted by molar-refractivity contribution is -0.163. The molecule has 204 valence electrons. The van der Waals surface area contributed by atoms with Crippen LogP contribution >= 0.6 is 11.8 Å². The Morgan fingerprint density at radius 2 is 1.97 bits per heavy atom. The number of likely N-dealkylation sites (tertiary alicyclic amines) is 1. The van der Waals surface area contributed by atoms with Crippen molar-refractivity contribution in [3.05, 3.63) is 10.6 Å². The van der Waals surface area contributed by atoms with Crippen LogP contribution in [0.1, 0.15) is 33.6 Å². The SMILES string of the molecule is C[C@H](N=C(N)N)C(=O)N[C@H]1CCN(C(=O)[C@@H]2C[C@H](SC3=C(C(=O)O)N4C(=O)[C@H]([C@@H](C)O)[C@H]4[C@H]3C)CN2)C1. The fraction of sp³-hybridized carbons (Fsp3) is 0.696. The zero-order valence-electron chi connectivity index (χ0n) is 21.1. The van der Waals surface area contributed by atoms with Crippen molar-refractivity contribution in [2.45, 2.75) is 69.1 Å². The monoisotopic (exact) mass is 537 g/mol. The number of aliphatic hydroxyl groups excluding tert-OH is 1. The smallest absolute Gasteiger partial charge is 0.353 e. The Hall–Kier alpha value is -2.84. The number of carboxylic acids is 1. The van der Waals surface area contributed by atoms with Gasteiger partial charge in [-0.3, -0.25) is 14.4 Å². The van der Waals surface area contributed by atoms with E-state index in [0.29, 0.717) is 37.4 Å². The van der Waals surface area contributed by atoms with Gasteiger partial charge in [-0.2, -0.15) is 0 Å². The molecular weight excluding hydrogens is 502 g/mol. The highest BCUT2D eigenvalue weighted by atomic mass is 32.2. The number of nitrogens with two attached hydrogens (primary N) is 2. The highest BCUT2D eigenvalue weighted by Crippen LogP contribution is 2.51. The Morgan fingerprint density at radius 3 is 2.59 bits per heavy atom. The Labute approximate surface area is 219 Å². The molecule has 0 unspecified atom stereocenters. The van der Waals surface area contributed by atoms with Crippen LogP contribution in [0.4, 0.5) is 0 Å². The molecule has 4 aliphatic heterocycles. The van der Waals surface area contributed by atoms with E-state index in [4.69, 9.17) is 11.5 Å². The zero-order valence-corrected chi connectivity index (χ0v) is 21.9. The number of carboxylic acid groups (broad SMARTS) is 1. The molecule has 13 nitrogen and oxygen atoms in total. The van der Waals surface area contributed by atoms with Crippen molar-refractivity contribution in [1.29, 1.82) is 0 Å². The van der Waals surface area contributed by atoms with Crippen LogP contribution in [0.5, 0.6) is 0 Å². The van der Waals surface area contributed by atoms with Gasteiger partial charge in [0.2, 0.25) is 17.7 Å². The van der Waals surface area contributed by atoms with Crippen LogP contribution < -0.4 is 22.1 Å². The fourth-order valence-electron chi connectivity index (χ4n) is 5.74. The maximum absolute atomic E-state index is 13.2. The molecule has 0 aliphatic carbocycles. The lowest BCUT2D eigenvalue weighted by Gasteiger charge is -2.46. The average Bonchev–Trinajstić information content (AvgIpc) is 3.51. The maximum Gasteiger partial charge on any atom is 0.353 e. The molecule has 4 aliphatic rings. The van der Waals surface area contributed by atoms with Gasteiger partial charge in [0, 0.05) is 41.7 Å². The van der Waals surface area contributed by atoms with Crippen LogP contribution in [-0.4, -0.2) is 105 Å². The number of rotatable bonds is 8.